The summed E-state index contributed by atoms with van der Waals surface area (Å²) in [7, 11) is 0. The van der Waals surface area contributed by atoms with Gasteiger partial charge in [0.2, 0.25) is 0 Å². The van der Waals surface area contributed by atoms with Crippen LogP contribution >= 0.6 is 0 Å². The smallest absolute Gasteiger partial charge is 0.267 e. The van der Waals surface area contributed by atoms with Crippen LogP contribution in [-0.4, -0.2) is 36.2 Å². The third-order valence-electron chi connectivity index (χ3n) is 5.34. The van der Waals surface area contributed by atoms with Crippen LogP contribution in [0.4, 0.5) is 0 Å². The molecule has 0 spiro atoms. The van der Waals surface area contributed by atoms with Gasteiger partial charge in [-0.25, -0.2) is 14.2 Å². The summed E-state index contributed by atoms with van der Waals surface area (Å²) in [6.07, 6.45) is 3.07. The Bertz CT molecular complexity index is 1500. The number of fused-ring (bicyclic) bond motifs is 1. The lowest BCUT2D eigenvalue weighted by Crippen LogP contribution is -2.41. The first-order valence-electron chi connectivity index (χ1n) is 10.6. The first-order chi connectivity index (χ1) is 16.5. The summed E-state index contributed by atoms with van der Waals surface area (Å²) >= 11 is 0. The number of nitrogens with zero attached hydrogens (tertiary/aromatic N) is 5. The van der Waals surface area contributed by atoms with Crippen LogP contribution in [0.1, 0.15) is 32.1 Å². The monoisotopic (exact) mass is 451 g/mol. The van der Waals surface area contributed by atoms with E-state index in [1.807, 2.05) is 80.6 Å². The number of aryl methyl sites for hydroxylation is 2. The molecule has 5 aromatic rings. The minimum absolute atomic E-state index is 0.260. The summed E-state index contributed by atoms with van der Waals surface area (Å²) in [6, 6.07) is 20.8. The van der Waals surface area contributed by atoms with Gasteiger partial charge in [0.15, 0.2) is 5.65 Å². The zero-order valence-corrected chi connectivity index (χ0v) is 18.6. The summed E-state index contributed by atoms with van der Waals surface area (Å²) in [5.74, 6) is -1.01. The molecule has 0 bridgehead atoms. The second-order valence-corrected chi connectivity index (χ2v) is 7.78. The molecule has 0 saturated carbocycles. The van der Waals surface area contributed by atoms with E-state index >= 15 is 0 Å². The van der Waals surface area contributed by atoms with Gasteiger partial charge >= 0.3 is 0 Å². The fraction of sp³-hybridized carbons (Fsp3) is 0.0800. The summed E-state index contributed by atoms with van der Waals surface area (Å²) in [5, 5.41) is 8.85. The van der Waals surface area contributed by atoms with Crippen molar-refractivity contribution in [3.63, 3.8) is 0 Å². The van der Waals surface area contributed by atoms with Crippen molar-refractivity contribution in [2.75, 3.05) is 0 Å². The Labute approximate surface area is 195 Å². The summed E-state index contributed by atoms with van der Waals surface area (Å²) in [4.78, 5) is 30.3. The number of nitrogens with one attached hydrogen (secondary N) is 2. The van der Waals surface area contributed by atoms with Crippen LogP contribution in [0.3, 0.4) is 0 Å². The second kappa shape index (κ2) is 8.62. The van der Waals surface area contributed by atoms with Gasteiger partial charge in [-0.2, -0.15) is 10.2 Å². The van der Waals surface area contributed by atoms with Crippen molar-refractivity contribution < 1.29 is 9.59 Å². The molecule has 5 rings (SSSR count). The molecule has 0 radical (unpaired) electrons. The van der Waals surface area contributed by atoms with Gasteiger partial charge in [-0.05, 0) is 32.0 Å². The average Bonchev–Trinajstić information content (AvgIpc) is 3.49. The summed E-state index contributed by atoms with van der Waals surface area (Å²) in [5.41, 5.74) is 9.69. The van der Waals surface area contributed by atoms with Crippen LogP contribution in [0, 0.1) is 13.8 Å². The maximum absolute atomic E-state index is 13.1. The van der Waals surface area contributed by atoms with Crippen LogP contribution in [-0.2, 0) is 0 Å². The fourth-order valence-corrected chi connectivity index (χ4v) is 3.74. The van der Waals surface area contributed by atoms with Gasteiger partial charge in [-0.15, -0.1) is 0 Å². The highest BCUT2D eigenvalue weighted by Gasteiger charge is 2.21. The van der Waals surface area contributed by atoms with Gasteiger partial charge in [0.25, 0.3) is 11.8 Å². The lowest BCUT2D eigenvalue weighted by atomic mass is 10.1. The number of amides is 2. The van der Waals surface area contributed by atoms with Crippen LogP contribution in [0.5, 0.6) is 0 Å². The Kier molecular flexibility index (Phi) is 5.35. The number of hydrogen-bond donors (Lipinski definition) is 2. The molecule has 0 saturated heterocycles. The number of aromatic nitrogens is 5. The summed E-state index contributed by atoms with van der Waals surface area (Å²) < 4.78 is 3.22. The van der Waals surface area contributed by atoms with Crippen molar-refractivity contribution in [1.82, 2.24) is 35.2 Å². The Morgan fingerprint density at radius 2 is 1.50 bits per heavy atom. The van der Waals surface area contributed by atoms with Crippen LogP contribution in [0.25, 0.3) is 22.6 Å². The number of hydrogen-bond acceptors (Lipinski definition) is 5. The minimum atomic E-state index is -0.516. The zero-order chi connectivity index (χ0) is 23.7. The van der Waals surface area contributed by atoms with E-state index in [9.17, 15) is 9.59 Å². The van der Waals surface area contributed by atoms with Gasteiger partial charge in [0, 0.05) is 23.1 Å². The lowest BCUT2D eigenvalue weighted by Gasteiger charge is -2.07. The molecular formula is C25H21N7O2. The molecule has 0 aliphatic rings. The Morgan fingerprint density at radius 1 is 0.853 bits per heavy atom. The van der Waals surface area contributed by atoms with E-state index in [0.29, 0.717) is 16.9 Å². The maximum atomic E-state index is 13.1. The molecule has 0 unspecified atom stereocenters. The molecule has 2 amide bonds. The molecule has 3 aromatic heterocycles. The number of para-hydroxylation sites is 1. The van der Waals surface area contributed by atoms with Gasteiger partial charge in [-0.3, -0.25) is 20.4 Å². The fourth-order valence-electron chi connectivity index (χ4n) is 3.74. The molecular weight excluding hydrogens is 430 g/mol. The molecule has 9 heteroatoms. The van der Waals surface area contributed by atoms with Crippen molar-refractivity contribution in [2.24, 2.45) is 0 Å². The molecule has 9 nitrogen and oxygen atoms in total. The molecule has 0 atom stereocenters. The minimum Gasteiger partial charge on any atom is -0.267 e. The largest absolute Gasteiger partial charge is 0.275 e. The number of carbonyl (C=O) groups is 2. The van der Waals surface area contributed by atoms with Crippen LogP contribution < -0.4 is 10.9 Å². The van der Waals surface area contributed by atoms with Crippen molar-refractivity contribution in [1.29, 1.82) is 0 Å². The average molecular weight is 451 g/mol. The quantitative estimate of drug-likeness (QED) is 0.408. The Hall–Kier alpha value is -4.79. The van der Waals surface area contributed by atoms with Gasteiger partial charge < -0.3 is 0 Å². The van der Waals surface area contributed by atoms with E-state index in [1.54, 1.807) is 15.4 Å². The van der Waals surface area contributed by atoms with Gasteiger partial charge in [-0.1, -0.05) is 48.5 Å². The Morgan fingerprint density at radius 3 is 2.21 bits per heavy atom. The second-order valence-electron chi connectivity index (χ2n) is 7.78. The molecule has 0 aliphatic heterocycles. The van der Waals surface area contributed by atoms with Crippen molar-refractivity contribution >= 4 is 17.5 Å². The molecule has 3 heterocycles. The molecule has 168 valence electrons. The predicted octanol–water partition coefficient (Wildman–Crippen LogP) is 3.27. The normalized spacial score (nSPS) is 10.9. The highest BCUT2D eigenvalue weighted by molar-refractivity contribution is 6.04. The van der Waals surface area contributed by atoms with Crippen LogP contribution in [0.2, 0.25) is 0 Å². The molecule has 2 N–H and O–H groups in total. The molecule has 34 heavy (non-hydrogen) atoms. The third kappa shape index (κ3) is 3.90. The van der Waals surface area contributed by atoms with Gasteiger partial charge in [0.1, 0.15) is 11.3 Å². The lowest BCUT2D eigenvalue weighted by molar-refractivity contribution is 0.0847. The zero-order valence-electron chi connectivity index (χ0n) is 18.6. The van der Waals surface area contributed by atoms with E-state index in [4.69, 9.17) is 0 Å². The first kappa shape index (κ1) is 21.1. The van der Waals surface area contributed by atoms with E-state index in [-0.39, 0.29) is 5.56 Å². The van der Waals surface area contributed by atoms with Gasteiger partial charge in [0.05, 0.1) is 17.4 Å². The SMILES string of the molecule is Cc1cc(C)n2ncc(C(=O)NNC(=O)c3cn(-c4ccccc4)nc3-c3ccccc3)c2n1. The predicted molar refractivity (Wildman–Crippen MR) is 126 cm³/mol. The van der Waals surface area contributed by atoms with Crippen LogP contribution in [0.15, 0.2) is 79.1 Å². The highest BCUT2D eigenvalue weighted by atomic mass is 16.2. The number of benzene rings is 2. The van der Waals surface area contributed by atoms with Crippen molar-refractivity contribution in [3.8, 4) is 16.9 Å². The van der Waals surface area contributed by atoms with Crippen molar-refractivity contribution in [2.45, 2.75) is 13.8 Å². The standard InChI is InChI=1S/C25H21N7O2/c1-16-13-17(2)32-23(27-16)20(14-26-32)24(33)28-29-25(34)21-15-31(19-11-7-4-8-12-19)30-22(21)18-9-5-3-6-10-18/h3-15H,1-2H3,(H,28,33)(H,29,34). The number of hydrazine groups is 1. The van der Waals surface area contributed by atoms with E-state index in [2.05, 4.69) is 26.0 Å². The van der Waals surface area contributed by atoms with Crippen molar-refractivity contribution in [3.05, 3.63) is 102 Å². The van der Waals surface area contributed by atoms with E-state index in [1.165, 1.54) is 6.20 Å². The molecule has 0 aliphatic carbocycles. The molecule has 2 aromatic carbocycles. The number of rotatable bonds is 4. The summed E-state index contributed by atoms with van der Waals surface area (Å²) in [6.45, 7) is 3.73. The highest BCUT2D eigenvalue weighted by Crippen LogP contribution is 2.23. The first-order valence-corrected chi connectivity index (χ1v) is 10.6. The maximum Gasteiger partial charge on any atom is 0.275 e. The van der Waals surface area contributed by atoms with E-state index < -0.39 is 11.8 Å². The molecule has 0 fully saturated rings. The van der Waals surface area contributed by atoms with E-state index in [0.717, 1.165) is 22.6 Å². The topological polar surface area (TPSA) is 106 Å². The Balaban J connectivity index is 1.42. The number of carbonyl (C=O) groups excluding carboxylic acids is 2. The third-order valence-corrected chi connectivity index (χ3v) is 5.34.